The second kappa shape index (κ2) is 6.72. The molecular weight excluding hydrogens is 397 g/mol. The number of halogens is 2. The van der Waals surface area contributed by atoms with E-state index in [2.05, 4.69) is 31.2 Å². The molecule has 2 N–H and O–H groups in total. The molecule has 0 atom stereocenters. The number of para-hydroxylation sites is 3. The number of anilines is 1. The van der Waals surface area contributed by atoms with Crippen molar-refractivity contribution in [1.82, 2.24) is 9.97 Å². The predicted octanol–water partition coefficient (Wildman–Crippen LogP) is 5.38. The van der Waals surface area contributed by atoms with E-state index in [1.165, 1.54) is 18.2 Å². The Morgan fingerprint density at radius 1 is 1.04 bits per heavy atom. The minimum atomic E-state index is -0.469. The van der Waals surface area contributed by atoms with Crippen LogP contribution in [0.1, 0.15) is 10.4 Å². The molecule has 1 heterocycles. The van der Waals surface area contributed by atoms with Crippen LogP contribution in [-0.2, 0) is 0 Å². The second-order valence-corrected chi connectivity index (χ2v) is 6.58. The number of hydrogen-bond donors (Lipinski definition) is 2. The lowest BCUT2D eigenvalue weighted by Crippen LogP contribution is -2.13. The Labute approximate surface area is 157 Å². The average Bonchev–Trinajstić information content (AvgIpc) is 3.08. The van der Waals surface area contributed by atoms with Gasteiger partial charge < -0.3 is 10.3 Å². The summed E-state index contributed by atoms with van der Waals surface area (Å²) in [5, 5.41) is 2.84. The molecule has 6 heteroatoms. The van der Waals surface area contributed by atoms with Gasteiger partial charge in [0, 0.05) is 10.0 Å². The molecule has 128 valence electrons. The minimum Gasteiger partial charge on any atom is -0.338 e. The SMILES string of the molecule is O=C(Nc1ccccc1-c1nc2ccccc2[nH]1)c1cc(F)ccc1Br. The smallest absolute Gasteiger partial charge is 0.256 e. The molecule has 4 rings (SSSR count). The molecule has 26 heavy (non-hydrogen) atoms. The van der Waals surface area contributed by atoms with Gasteiger partial charge in [0.25, 0.3) is 5.91 Å². The summed E-state index contributed by atoms with van der Waals surface area (Å²) in [7, 11) is 0. The van der Waals surface area contributed by atoms with Gasteiger partial charge in [-0.3, -0.25) is 4.79 Å². The maximum atomic E-state index is 13.5. The third kappa shape index (κ3) is 3.11. The van der Waals surface area contributed by atoms with Gasteiger partial charge in [0.1, 0.15) is 11.6 Å². The van der Waals surface area contributed by atoms with Gasteiger partial charge in [-0.05, 0) is 58.4 Å². The fraction of sp³-hybridized carbons (Fsp3) is 0. The molecule has 0 bridgehead atoms. The molecule has 4 nitrogen and oxygen atoms in total. The van der Waals surface area contributed by atoms with Gasteiger partial charge >= 0.3 is 0 Å². The third-order valence-corrected chi connectivity index (χ3v) is 4.68. The lowest BCUT2D eigenvalue weighted by atomic mass is 10.1. The van der Waals surface area contributed by atoms with Gasteiger partial charge in [-0.1, -0.05) is 24.3 Å². The van der Waals surface area contributed by atoms with Gasteiger partial charge in [-0.15, -0.1) is 0 Å². The summed E-state index contributed by atoms with van der Waals surface area (Å²) < 4.78 is 14.0. The molecule has 0 unspecified atom stereocenters. The van der Waals surface area contributed by atoms with Crippen molar-refractivity contribution in [3.63, 3.8) is 0 Å². The molecule has 0 saturated carbocycles. The fourth-order valence-corrected chi connectivity index (χ4v) is 3.17. The Kier molecular flexibility index (Phi) is 4.26. The maximum absolute atomic E-state index is 13.5. The lowest BCUT2D eigenvalue weighted by molar-refractivity contribution is 0.102. The number of aromatic amines is 1. The van der Waals surface area contributed by atoms with Gasteiger partial charge in [-0.25, -0.2) is 9.37 Å². The van der Waals surface area contributed by atoms with Crippen LogP contribution in [0.4, 0.5) is 10.1 Å². The molecule has 0 saturated heterocycles. The zero-order chi connectivity index (χ0) is 18.1. The highest BCUT2D eigenvalue weighted by atomic mass is 79.9. The highest BCUT2D eigenvalue weighted by Crippen LogP contribution is 2.28. The molecule has 1 aromatic heterocycles. The van der Waals surface area contributed by atoms with Crippen LogP contribution in [0.2, 0.25) is 0 Å². The Balaban J connectivity index is 1.72. The van der Waals surface area contributed by atoms with Crippen molar-refractivity contribution in [1.29, 1.82) is 0 Å². The number of fused-ring (bicyclic) bond motifs is 1. The highest BCUT2D eigenvalue weighted by molar-refractivity contribution is 9.10. The lowest BCUT2D eigenvalue weighted by Gasteiger charge is -2.10. The van der Waals surface area contributed by atoms with E-state index in [1.54, 1.807) is 6.07 Å². The standard InChI is InChI=1S/C20H13BrFN3O/c21-15-10-9-12(22)11-14(15)20(26)25-16-6-2-1-5-13(16)19-23-17-7-3-4-8-18(17)24-19/h1-11H,(H,23,24)(H,25,26). The van der Waals surface area contributed by atoms with Gasteiger partial charge in [0.05, 0.1) is 22.3 Å². The molecule has 0 fully saturated rings. The van der Waals surface area contributed by atoms with E-state index >= 15 is 0 Å². The summed E-state index contributed by atoms with van der Waals surface area (Å²) in [5.41, 5.74) is 3.33. The number of carbonyl (C=O) groups excluding carboxylic acids is 1. The van der Waals surface area contributed by atoms with E-state index in [4.69, 9.17) is 0 Å². The molecule has 1 amide bonds. The Hall–Kier alpha value is -2.99. The number of hydrogen-bond acceptors (Lipinski definition) is 2. The number of amides is 1. The zero-order valence-corrected chi connectivity index (χ0v) is 15.0. The quantitative estimate of drug-likeness (QED) is 0.476. The number of rotatable bonds is 3. The second-order valence-electron chi connectivity index (χ2n) is 5.73. The van der Waals surface area contributed by atoms with Gasteiger partial charge in [-0.2, -0.15) is 0 Å². The van der Waals surface area contributed by atoms with E-state index in [9.17, 15) is 9.18 Å². The molecule has 0 aliphatic rings. The molecule has 0 radical (unpaired) electrons. The van der Waals surface area contributed by atoms with Crippen LogP contribution in [-0.4, -0.2) is 15.9 Å². The van der Waals surface area contributed by atoms with Crippen LogP contribution in [0.3, 0.4) is 0 Å². The number of nitrogens with one attached hydrogen (secondary N) is 2. The summed E-state index contributed by atoms with van der Waals surface area (Å²) in [4.78, 5) is 20.4. The first-order valence-electron chi connectivity index (χ1n) is 7.92. The van der Waals surface area contributed by atoms with Crippen molar-refractivity contribution in [3.8, 4) is 11.4 Å². The summed E-state index contributed by atoms with van der Waals surface area (Å²) >= 11 is 3.29. The normalized spacial score (nSPS) is 10.8. The summed E-state index contributed by atoms with van der Waals surface area (Å²) in [6.45, 7) is 0. The van der Waals surface area contributed by atoms with Crippen molar-refractivity contribution in [2.75, 3.05) is 5.32 Å². The van der Waals surface area contributed by atoms with Gasteiger partial charge in [0.2, 0.25) is 0 Å². The number of aromatic nitrogens is 2. The first kappa shape index (κ1) is 16.5. The molecule has 0 aliphatic carbocycles. The van der Waals surface area contributed by atoms with Crippen LogP contribution in [0.15, 0.2) is 71.2 Å². The fourth-order valence-electron chi connectivity index (χ4n) is 2.74. The van der Waals surface area contributed by atoms with Crippen LogP contribution >= 0.6 is 15.9 Å². The van der Waals surface area contributed by atoms with E-state index in [0.29, 0.717) is 16.0 Å². The topological polar surface area (TPSA) is 57.8 Å². The number of imidazole rings is 1. The monoisotopic (exact) mass is 409 g/mol. The van der Waals surface area contributed by atoms with Gasteiger partial charge in [0.15, 0.2) is 0 Å². The van der Waals surface area contributed by atoms with E-state index < -0.39 is 11.7 Å². The summed E-state index contributed by atoms with van der Waals surface area (Å²) in [5.74, 6) is -0.218. The minimum absolute atomic E-state index is 0.226. The Bertz CT molecular complexity index is 1090. The van der Waals surface area contributed by atoms with Crippen LogP contribution in [0.5, 0.6) is 0 Å². The molecule has 0 aliphatic heterocycles. The highest BCUT2D eigenvalue weighted by Gasteiger charge is 2.15. The number of nitrogens with zero attached hydrogens (tertiary/aromatic N) is 1. The van der Waals surface area contributed by atoms with E-state index in [0.717, 1.165) is 16.6 Å². The summed E-state index contributed by atoms with van der Waals surface area (Å²) in [6, 6.07) is 19.1. The Morgan fingerprint density at radius 3 is 2.65 bits per heavy atom. The van der Waals surface area contributed by atoms with Crippen molar-refractivity contribution in [3.05, 3.63) is 82.6 Å². The zero-order valence-electron chi connectivity index (χ0n) is 13.5. The van der Waals surface area contributed by atoms with E-state index in [-0.39, 0.29) is 5.56 Å². The maximum Gasteiger partial charge on any atom is 0.256 e. The first-order valence-corrected chi connectivity index (χ1v) is 8.72. The molecular formula is C20H13BrFN3O. The van der Waals surface area contributed by atoms with E-state index in [1.807, 2.05) is 42.5 Å². The van der Waals surface area contributed by atoms with Crippen molar-refractivity contribution in [2.45, 2.75) is 0 Å². The number of H-pyrrole nitrogens is 1. The largest absolute Gasteiger partial charge is 0.338 e. The van der Waals surface area contributed by atoms with Crippen molar-refractivity contribution < 1.29 is 9.18 Å². The van der Waals surface area contributed by atoms with Crippen LogP contribution < -0.4 is 5.32 Å². The van der Waals surface area contributed by atoms with Crippen LogP contribution in [0.25, 0.3) is 22.4 Å². The van der Waals surface area contributed by atoms with Crippen molar-refractivity contribution >= 4 is 38.6 Å². The molecule has 3 aromatic carbocycles. The number of carbonyl (C=O) groups is 1. The molecule has 0 spiro atoms. The Morgan fingerprint density at radius 2 is 1.81 bits per heavy atom. The molecule has 4 aromatic rings. The third-order valence-electron chi connectivity index (χ3n) is 3.99. The predicted molar refractivity (Wildman–Crippen MR) is 104 cm³/mol. The van der Waals surface area contributed by atoms with Crippen LogP contribution in [0, 0.1) is 5.82 Å². The summed E-state index contributed by atoms with van der Waals surface area (Å²) in [6.07, 6.45) is 0. The van der Waals surface area contributed by atoms with Crippen molar-refractivity contribution in [2.24, 2.45) is 0 Å². The number of benzene rings is 3. The first-order chi connectivity index (χ1) is 12.6. The average molecular weight is 410 g/mol.